The van der Waals surface area contributed by atoms with Gasteiger partial charge in [0.15, 0.2) is 11.5 Å². The molecule has 0 saturated carbocycles. The van der Waals surface area contributed by atoms with E-state index in [1.165, 1.54) is 5.56 Å². The van der Waals surface area contributed by atoms with Crippen LogP contribution in [0.1, 0.15) is 11.5 Å². The summed E-state index contributed by atoms with van der Waals surface area (Å²) in [6, 6.07) is 13.9. The number of nitrogens with one attached hydrogen (secondary N) is 1. The van der Waals surface area contributed by atoms with Crippen LogP contribution in [-0.2, 0) is 6.42 Å². The topological polar surface area (TPSA) is 47.3 Å². The Balaban J connectivity index is 1.67. The molecule has 0 aliphatic carbocycles. The van der Waals surface area contributed by atoms with Crippen LogP contribution in [0.5, 0.6) is 5.75 Å². The zero-order valence-electron chi connectivity index (χ0n) is 12.2. The minimum Gasteiger partial charge on any atom is -0.497 e. The van der Waals surface area contributed by atoms with Gasteiger partial charge in [-0.2, -0.15) is 0 Å². The highest BCUT2D eigenvalue weighted by Gasteiger charge is 2.07. The number of rotatable bonds is 5. The second-order valence-corrected chi connectivity index (χ2v) is 4.93. The van der Waals surface area contributed by atoms with Gasteiger partial charge in [0.1, 0.15) is 11.3 Å². The first-order valence-electron chi connectivity index (χ1n) is 6.99. The van der Waals surface area contributed by atoms with E-state index in [9.17, 15) is 0 Å². The quantitative estimate of drug-likeness (QED) is 0.773. The van der Waals surface area contributed by atoms with E-state index in [0.29, 0.717) is 0 Å². The van der Waals surface area contributed by atoms with Gasteiger partial charge in [-0.05, 0) is 30.7 Å². The van der Waals surface area contributed by atoms with Crippen molar-refractivity contribution >= 4 is 16.8 Å². The lowest BCUT2D eigenvalue weighted by Gasteiger charge is -2.07. The summed E-state index contributed by atoms with van der Waals surface area (Å²) in [5.41, 5.74) is 4.01. The molecule has 108 valence electrons. The summed E-state index contributed by atoms with van der Waals surface area (Å²) in [6.07, 6.45) is 0.741. The molecule has 0 bridgehead atoms. The van der Waals surface area contributed by atoms with Crippen molar-refractivity contribution in [1.29, 1.82) is 0 Å². The minimum atomic E-state index is 0.735. The number of oxazole rings is 1. The van der Waals surface area contributed by atoms with Crippen LogP contribution in [0, 0.1) is 6.92 Å². The number of ether oxygens (including phenoxy) is 1. The molecule has 3 aromatic rings. The Kier molecular flexibility index (Phi) is 3.77. The van der Waals surface area contributed by atoms with E-state index < -0.39 is 0 Å². The fraction of sp³-hybridized carbons (Fsp3) is 0.235. The summed E-state index contributed by atoms with van der Waals surface area (Å²) >= 11 is 0. The Labute approximate surface area is 123 Å². The predicted octanol–water partition coefficient (Wildman–Crippen LogP) is 3.80. The molecule has 0 saturated heterocycles. The highest BCUT2D eigenvalue weighted by molar-refractivity contribution is 5.74. The molecule has 0 unspecified atom stereocenters. The molecule has 0 radical (unpaired) electrons. The van der Waals surface area contributed by atoms with E-state index in [4.69, 9.17) is 9.15 Å². The molecule has 0 fully saturated rings. The summed E-state index contributed by atoms with van der Waals surface area (Å²) in [7, 11) is 1.64. The Morgan fingerprint density at radius 3 is 2.86 bits per heavy atom. The van der Waals surface area contributed by atoms with Crippen LogP contribution in [0.2, 0.25) is 0 Å². The molecule has 4 heteroatoms. The summed E-state index contributed by atoms with van der Waals surface area (Å²) in [6.45, 7) is 2.88. The van der Waals surface area contributed by atoms with E-state index in [0.717, 1.165) is 41.4 Å². The second kappa shape index (κ2) is 5.87. The van der Waals surface area contributed by atoms with E-state index in [2.05, 4.69) is 29.4 Å². The average molecular weight is 282 g/mol. The highest BCUT2D eigenvalue weighted by atomic mass is 16.5. The largest absolute Gasteiger partial charge is 0.497 e. The first kappa shape index (κ1) is 13.5. The van der Waals surface area contributed by atoms with E-state index in [1.54, 1.807) is 7.11 Å². The van der Waals surface area contributed by atoms with Crippen molar-refractivity contribution in [2.24, 2.45) is 0 Å². The smallest absolute Gasteiger partial charge is 0.197 e. The Hall–Kier alpha value is -2.49. The fourth-order valence-corrected chi connectivity index (χ4v) is 2.26. The van der Waals surface area contributed by atoms with Gasteiger partial charge >= 0.3 is 0 Å². The van der Waals surface area contributed by atoms with Crippen molar-refractivity contribution in [3.63, 3.8) is 0 Å². The van der Waals surface area contributed by atoms with E-state index >= 15 is 0 Å². The van der Waals surface area contributed by atoms with Gasteiger partial charge in [-0.25, -0.2) is 4.98 Å². The molecule has 2 aromatic carbocycles. The van der Waals surface area contributed by atoms with Gasteiger partial charge in [0.05, 0.1) is 7.11 Å². The van der Waals surface area contributed by atoms with Gasteiger partial charge in [-0.1, -0.05) is 18.2 Å². The van der Waals surface area contributed by atoms with Crippen LogP contribution in [0.4, 0.5) is 5.69 Å². The first-order chi connectivity index (χ1) is 10.3. The molecule has 0 atom stereocenters. The lowest BCUT2D eigenvalue weighted by atomic mass is 10.2. The molecule has 1 aromatic heterocycles. The number of aromatic nitrogens is 1. The Morgan fingerprint density at radius 1 is 1.19 bits per heavy atom. The molecule has 0 amide bonds. The average Bonchev–Trinajstić information content (AvgIpc) is 2.90. The standard InChI is InChI=1S/C17H18N2O2/c1-12-5-3-4-6-14(12)18-10-9-17-19-15-8-7-13(20-2)11-16(15)21-17/h3-8,11,18H,9-10H2,1-2H3. The van der Waals surface area contributed by atoms with Crippen molar-refractivity contribution in [3.8, 4) is 5.75 Å². The number of para-hydroxylation sites is 1. The first-order valence-corrected chi connectivity index (χ1v) is 6.99. The van der Waals surface area contributed by atoms with Gasteiger partial charge < -0.3 is 14.5 Å². The third kappa shape index (κ3) is 2.99. The number of nitrogens with zero attached hydrogens (tertiary/aromatic N) is 1. The van der Waals surface area contributed by atoms with Crippen LogP contribution in [-0.4, -0.2) is 18.6 Å². The molecule has 4 nitrogen and oxygen atoms in total. The maximum atomic E-state index is 5.75. The van der Waals surface area contributed by atoms with Crippen LogP contribution < -0.4 is 10.1 Å². The Morgan fingerprint density at radius 2 is 2.05 bits per heavy atom. The molecular weight excluding hydrogens is 264 g/mol. The lowest BCUT2D eigenvalue weighted by molar-refractivity contribution is 0.414. The van der Waals surface area contributed by atoms with Gasteiger partial charge in [-0.3, -0.25) is 0 Å². The number of methoxy groups -OCH3 is 1. The van der Waals surface area contributed by atoms with Crippen molar-refractivity contribution in [3.05, 3.63) is 53.9 Å². The normalized spacial score (nSPS) is 10.8. The lowest BCUT2D eigenvalue weighted by Crippen LogP contribution is -2.05. The molecule has 1 N–H and O–H groups in total. The molecule has 0 spiro atoms. The zero-order chi connectivity index (χ0) is 14.7. The molecular formula is C17H18N2O2. The van der Waals surface area contributed by atoms with Crippen LogP contribution in [0.15, 0.2) is 46.9 Å². The molecule has 3 rings (SSSR count). The highest BCUT2D eigenvalue weighted by Crippen LogP contribution is 2.21. The third-order valence-corrected chi connectivity index (χ3v) is 3.44. The van der Waals surface area contributed by atoms with Crippen molar-refractivity contribution in [2.45, 2.75) is 13.3 Å². The van der Waals surface area contributed by atoms with Crippen molar-refractivity contribution < 1.29 is 9.15 Å². The summed E-state index contributed by atoms with van der Waals surface area (Å²) in [4.78, 5) is 4.48. The predicted molar refractivity (Wildman–Crippen MR) is 83.9 cm³/mol. The number of hydrogen-bond donors (Lipinski definition) is 1. The summed E-state index contributed by atoms with van der Waals surface area (Å²) < 4.78 is 10.9. The minimum absolute atomic E-state index is 0.735. The summed E-state index contributed by atoms with van der Waals surface area (Å²) in [5.74, 6) is 1.52. The Bertz CT molecular complexity index is 749. The van der Waals surface area contributed by atoms with Crippen LogP contribution >= 0.6 is 0 Å². The van der Waals surface area contributed by atoms with E-state index in [1.807, 2.05) is 30.3 Å². The molecule has 21 heavy (non-hydrogen) atoms. The maximum Gasteiger partial charge on any atom is 0.197 e. The van der Waals surface area contributed by atoms with Gasteiger partial charge in [0.25, 0.3) is 0 Å². The van der Waals surface area contributed by atoms with Gasteiger partial charge in [0, 0.05) is 24.7 Å². The molecule has 1 heterocycles. The number of hydrogen-bond acceptors (Lipinski definition) is 4. The number of anilines is 1. The van der Waals surface area contributed by atoms with Crippen molar-refractivity contribution in [1.82, 2.24) is 4.98 Å². The van der Waals surface area contributed by atoms with Crippen LogP contribution in [0.3, 0.4) is 0 Å². The van der Waals surface area contributed by atoms with Gasteiger partial charge in [0.2, 0.25) is 0 Å². The molecule has 0 aliphatic heterocycles. The number of benzene rings is 2. The SMILES string of the molecule is COc1ccc2nc(CCNc3ccccc3C)oc2c1. The fourth-order valence-electron chi connectivity index (χ4n) is 2.26. The van der Waals surface area contributed by atoms with Crippen molar-refractivity contribution in [2.75, 3.05) is 19.0 Å². The number of fused-ring (bicyclic) bond motifs is 1. The monoisotopic (exact) mass is 282 g/mol. The summed E-state index contributed by atoms with van der Waals surface area (Å²) in [5, 5.41) is 3.40. The van der Waals surface area contributed by atoms with Crippen LogP contribution in [0.25, 0.3) is 11.1 Å². The number of aryl methyl sites for hydroxylation is 1. The third-order valence-electron chi connectivity index (χ3n) is 3.44. The molecule has 0 aliphatic rings. The van der Waals surface area contributed by atoms with Gasteiger partial charge in [-0.15, -0.1) is 0 Å². The van der Waals surface area contributed by atoms with E-state index in [-0.39, 0.29) is 0 Å². The maximum absolute atomic E-state index is 5.75. The second-order valence-electron chi connectivity index (χ2n) is 4.93. The zero-order valence-corrected chi connectivity index (χ0v) is 12.2.